The number of anilines is 1. The van der Waals surface area contributed by atoms with Gasteiger partial charge in [-0.05, 0) is 38.8 Å². The highest BCUT2D eigenvalue weighted by Crippen LogP contribution is 2.34. The Balaban J connectivity index is 2.09. The lowest BCUT2D eigenvalue weighted by molar-refractivity contribution is -0.138. The summed E-state index contributed by atoms with van der Waals surface area (Å²) in [5.41, 5.74) is 4.06. The van der Waals surface area contributed by atoms with E-state index in [1.165, 1.54) is 12.1 Å². The van der Waals surface area contributed by atoms with Gasteiger partial charge in [0.25, 0.3) is 0 Å². The molecule has 3 amide bonds. The summed E-state index contributed by atoms with van der Waals surface area (Å²) in [7, 11) is 0. The normalized spacial score (nSPS) is 15.0. The lowest BCUT2D eigenvalue weighted by Crippen LogP contribution is -2.50. The van der Waals surface area contributed by atoms with Gasteiger partial charge < -0.3 is 21.1 Å². The predicted molar refractivity (Wildman–Crippen MR) is 80.1 cm³/mol. The van der Waals surface area contributed by atoms with Crippen LogP contribution in [0, 0.1) is 5.82 Å². The van der Waals surface area contributed by atoms with E-state index < -0.39 is 29.1 Å². The van der Waals surface area contributed by atoms with Crippen molar-refractivity contribution in [2.45, 2.75) is 38.3 Å². The number of primary amides is 1. The van der Waals surface area contributed by atoms with Crippen LogP contribution in [0.3, 0.4) is 0 Å². The van der Waals surface area contributed by atoms with Crippen molar-refractivity contribution >= 4 is 23.4 Å². The molecule has 8 heteroatoms. The Labute approximate surface area is 132 Å². The molecule has 23 heavy (non-hydrogen) atoms. The molecule has 1 aromatic carbocycles. The van der Waals surface area contributed by atoms with Gasteiger partial charge in [-0.25, -0.2) is 4.39 Å². The molecule has 124 valence electrons. The van der Waals surface area contributed by atoms with Crippen molar-refractivity contribution in [3.8, 4) is 5.75 Å². The van der Waals surface area contributed by atoms with Crippen LogP contribution < -0.4 is 21.1 Å². The molecule has 2 rings (SSSR count). The van der Waals surface area contributed by atoms with Crippen molar-refractivity contribution in [3.05, 3.63) is 24.0 Å². The van der Waals surface area contributed by atoms with Crippen molar-refractivity contribution in [2.75, 3.05) is 5.32 Å². The Morgan fingerprint density at radius 2 is 1.91 bits per heavy atom. The Bertz CT molecular complexity index is 656. The van der Waals surface area contributed by atoms with Crippen molar-refractivity contribution in [2.24, 2.45) is 5.73 Å². The maximum absolute atomic E-state index is 13.4. The van der Waals surface area contributed by atoms with E-state index in [1.54, 1.807) is 13.8 Å². The second kappa shape index (κ2) is 6.23. The van der Waals surface area contributed by atoms with Crippen molar-refractivity contribution in [3.63, 3.8) is 0 Å². The van der Waals surface area contributed by atoms with Crippen molar-refractivity contribution in [1.29, 1.82) is 0 Å². The molecule has 4 N–H and O–H groups in total. The zero-order chi connectivity index (χ0) is 17.2. The number of hydrogen-bond acceptors (Lipinski definition) is 4. The number of benzene rings is 1. The van der Waals surface area contributed by atoms with Crippen LogP contribution in [0.5, 0.6) is 5.75 Å². The van der Waals surface area contributed by atoms with Gasteiger partial charge >= 0.3 is 11.8 Å². The highest BCUT2D eigenvalue weighted by Gasteiger charge is 2.50. The zero-order valence-electron chi connectivity index (χ0n) is 12.8. The van der Waals surface area contributed by atoms with Gasteiger partial charge in [0.05, 0.1) is 11.8 Å². The van der Waals surface area contributed by atoms with Crippen LogP contribution in [0.25, 0.3) is 0 Å². The molecule has 1 saturated carbocycles. The first-order valence-corrected chi connectivity index (χ1v) is 7.13. The lowest BCUT2D eigenvalue weighted by Gasteiger charge is -2.16. The first kappa shape index (κ1) is 16.7. The van der Waals surface area contributed by atoms with E-state index in [2.05, 4.69) is 10.6 Å². The maximum Gasteiger partial charge on any atom is 0.313 e. The summed E-state index contributed by atoms with van der Waals surface area (Å²) in [5, 5.41) is 4.58. The number of nitrogens with one attached hydrogen (secondary N) is 2. The van der Waals surface area contributed by atoms with Crippen LogP contribution in [0.4, 0.5) is 10.1 Å². The summed E-state index contributed by atoms with van der Waals surface area (Å²) in [6.45, 7) is 3.54. The van der Waals surface area contributed by atoms with Gasteiger partial charge in [0.2, 0.25) is 5.91 Å². The van der Waals surface area contributed by atoms with Gasteiger partial charge in [-0.2, -0.15) is 0 Å². The van der Waals surface area contributed by atoms with Crippen LogP contribution in [0.2, 0.25) is 0 Å². The Morgan fingerprint density at radius 3 is 2.43 bits per heavy atom. The van der Waals surface area contributed by atoms with Crippen molar-refractivity contribution in [1.82, 2.24) is 5.32 Å². The fraction of sp³-hybridized carbons (Fsp3) is 0.400. The second-order valence-electron chi connectivity index (χ2n) is 5.66. The number of carbonyl (C=O) groups is 3. The third-order valence-corrected chi connectivity index (χ3v) is 3.33. The molecule has 1 aliphatic rings. The van der Waals surface area contributed by atoms with Gasteiger partial charge in [-0.15, -0.1) is 0 Å². The molecule has 0 aliphatic heterocycles. The molecule has 0 unspecified atom stereocenters. The monoisotopic (exact) mass is 323 g/mol. The number of nitrogens with two attached hydrogens (primary N) is 1. The van der Waals surface area contributed by atoms with Gasteiger partial charge in [0, 0.05) is 6.07 Å². The Morgan fingerprint density at radius 1 is 1.26 bits per heavy atom. The molecule has 7 nitrogen and oxygen atoms in total. The average molecular weight is 323 g/mol. The van der Waals surface area contributed by atoms with Crippen LogP contribution in [-0.2, 0) is 14.4 Å². The van der Waals surface area contributed by atoms with Gasteiger partial charge in [-0.3, -0.25) is 14.4 Å². The van der Waals surface area contributed by atoms with Gasteiger partial charge in [0.15, 0.2) is 0 Å². The van der Waals surface area contributed by atoms with E-state index in [-0.39, 0.29) is 17.5 Å². The lowest BCUT2D eigenvalue weighted by atomic mass is 10.2. The molecule has 1 aromatic rings. The standard InChI is InChI=1S/C15H18FN3O4/c1-8(2)23-11-4-3-9(16)7-10(11)18-12(20)13(21)19-15(5-6-15)14(17)22/h3-4,7-8H,5-6H2,1-2H3,(H2,17,22)(H,18,20)(H,19,21). The fourth-order valence-corrected chi connectivity index (χ4v) is 1.97. The predicted octanol–water partition coefficient (Wildman–Crippen LogP) is 0.685. The van der Waals surface area contributed by atoms with E-state index in [1.807, 2.05) is 0 Å². The first-order chi connectivity index (χ1) is 10.7. The smallest absolute Gasteiger partial charge is 0.313 e. The van der Waals surface area contributed by atoms with E-state index >= 15 is 0 Å². The maximum atomic E-state index is 13.4. The number of carbonyl (C=O) groups excluding carboxylic acids is 3. The van der Waals surface area contributed by atoms with E-state index in [4.69, 9.17) is 10.5 Å². The molecule has 1 fully saturated rings. The Kier molecular flexibility index (Phi) is 4.53. The van der Waals surface area contributed by atoms with Crippen LogP contribution in [-0.4, -0.2) is 29.4 Å². The number of rotatable bonds is 5. The first-order valence-electron chi connectivity index (χ1n) is 7.13. The molecular formula is C15H18FN3O4. The third-order valence-electron chi connectivity index (χ3n) is 3.33. The summed E-state index contributed by atoms with van der Waals surface area (Å²) in [4.78, 5) is 35.0. The van der Waals surface area contributed by atoms with Gasteiger partial charge in [-0.1, -0.05) is 0 Å². The van der Waals surface area contributed by atoms with E-state index in [0.717, 1.165) is 6.07 Å². The highest BCUT2D eigenvalue weighted by molar-refractivity contribution is 6.40. The SMILES string of the molecule is CC(C)Oc1ccc(F)cc1NC(=O)C(=O)NC1(C(N)=O)CC1. The van der Waals surface area contributed by atoms with Gasteiger partial charge in [0.1, 0.15) is 17.1 Å². The summed E-state index contributed by atoms with van der Waals surface area (Å²) in [6, 6.07) is 3.58. The summed E-state index contributed by atoms with van der Waals surface area (Å²) >= 11 is 0. The number of ether oxygens (including phenoxy) is 1. The number of amides is 3. The largest absolute Gasteiger partial charge is 0.489 e. The minimum atomic E-state index is -1.15. The van der Waals surface area contributed by atoms with Crippen molar-refractivity contribution < 1.29 is 23.5 Å². The molecular weight excluding hydrogens is 305 g/mol. The summed E-state index contributed by atoms with van der Waals surface area (Å²) < 4.78 is 18.8. The van der Waals surface area contributed by atoms with E-state index in [0.29, 0.717) is 12.8 Å². The minimum absolute atomic E-state index is 0.0303. The van der Waals surface area contributed by atoms with Crippen LogP contribution in [0.1, 0.15) is 26.7 Å². The number of halogens is 1. The minimum Gasteiger partial charge on any atom is -0.489 e. The van der Waals surface area contributed by atoms with Crippen LogP contribution in [0.15, 0.2) is 18.2 Å². The summed E-state index contributed by atoms with van der Waals surface area (Å²) in [5.74, 6) is -3.09. The molecule has 0 spiro atoms. The molecule has 0 heterocycles. The molecule has 0 atom stereocenters. The molecule has 0 radical (unpaired) electrons. The number of hydrogen-bond donors (Lipinski definition) is 3. The quantitative estimate of drug-likeness (QED) is 0.692. The van der Waals surface area contributed by atoms with Crippen LogP contribution >= 0.6 is 0 Å². The molecule has 1 aliphatic carbocycles. The second-order valence-corrected chi connectivity index (χ2v) is 5.66. The summed E-state index contributed by atoms with van der Waals surface area (Å²) in [6.07, 6.45) is 0.584. The average Bonchev–Trinajstić information content (AvgIpc) is 3.22. The zero-order valence-corrected chi connectivity index (χ0v) is 12.8. The fourth-order valence-electron chi connectivity index (χ4n) is 1.97. The Hall–Kier alpha value is -2.64. The molecule has 0 aromatic heterocycles. The third kappa shape index (κ3) is 3.97. The van der Waals surface area contributed by atoms with E-state index in [9.17, 15) is 18.8 Å². The molecule has 0 saturated heterocycles. The molecule has 0 bridgehead atoms. The topological polar surface area (TPSA) is 111 Å². The highest BCUT2D eigenvalue weighted by atomic mass is 19.1.